The number of rotatable bonds is 6. The lowest BCUT2D eigenvalue weighted by Crippen LogP contribution is -2.64. The number of allylic oxidation sites excluding steroid dienone is 2. The largest absolute Gasteiger partial charge is 0.488 e. The normalized spacial score (nSPS) is 22.0. The number of piperazine rings is 1. The van der Waals surface area contributed by atoms with Crippen molar-refractivity contribution < 1.29 is 9.15 Å². The third-order valence-corrected chi connectivity index (χ3v) is 9.60. The minimum absolute atomic E-state index is 0.435. The summed E-state index contributed by atoms with van der Waals surface area (Å²) >= 11 is 1.65. The zero-order chi connectivity index (χ0) is 30.5. The molecule has 0 amide bonds. The van der Waals surface area contributed by atoms with Crippen molar-refractivity contribution in [1.82, 2.24) is 30.2 Å². The number of H-pyrrole nitrogens is 1. The van der Waals surface area contributed by atoms with Gasteiger partial charge < -0.3 is 19.5 Å². The summed E-state index contributed by atoms with van der Waals surface area (Å²) in [7, 11) is 0. The van der Waals surface area contributed by atoms with E-state index in [2.05, 4.69) is 72.0 Å². The van der Waals surface area contributed by atoms with E-state index in [9.17, 15) is 0 Å². The van der Waals surface area contributed by atoms with E-state index in [1.54, 1.807) is 30.1 Å². The second-order valence-electron chi connectivity index (χ2n) is 11.3. The van der Waals surface area contributed by atoms with Gasteiger partial charge in [0.25, 0.3) is 0 Å². The maximum atomic E-state index is 6.45. The van der Waals surface area contributed by atoms with Crippen LogP contribution in [0, 0.1) is 0 Å². The number of nitrogens with one attached hydrogen (secondary N) is 2. The van der Waals surface area contributed by atoms with Gasteiger partial charge in [-0.2, -0.15) is 0 Å². The molecule has 0 radical (unpaired) electrons. The summed E-state index contributed by atoms with van der Waals surface area (Å²) in [6, 6.07) is 24.5. The van der Waals surface area contributed by atoms with Crippen LogP contribution in [0.1, 0.15) is 11.5 Å². The number of anilines is 2. The Morgan fingerprint density at radius 2 is 1.85 bits per heavy atom. The first kappa shape index (κ1) is 27.1. The first-order valence-electron chi connectivity index (χ1n) is 15.4. The molecule has 3 aliphatic rings. The van der Waals surface area contributed by atoms with E-state index >= 15 is 0 Å². The smallest absolute Gasteiger partial charge is 0.216 e. The SMILES string of the molecule is C1=COC(C2=C(c3ccc4cccnc4n3)C(c3nc4ccccc4[nH]3)(N3CCNCC3)N(c3ccco3)N2c2cccs2)C=C1. The highest BCUT2D eigenvalue weighted by molar-refractivity contribution is 7.14. The van der Waals surface area contributed by atoms with E-state index in [-0.39, 0.29) is 0 Å². The Labute approximate surface area is 268 Å². The van der Waals surface area contributed by atoms with E-state index in [1.807, 2.05) is 54.6 Å². The van der Waals surface area contributed by atoms with Crippen LogP contribution < -0.4 is 15.3 Å². The van der Waals surface area contributed by atoms with Crippen LogP contribution in [0.4, 0.5) is 10.9 Å². The predicted molar refractivity (Wildman–Crippen MR) is 180 cm³/mol. The lowest BCUT2D eigenvalue weighted by atomic mass is 9.89. The first-order chi connectivity index (χ1) is 22.8. The predicted octanol–water partition coefficient (Wildman–Crippen LogP) is 6.04. The Balaban J connectivity index is 1.45. The molecule has 9 rings (SSSR count). The molecule has 1 saturated heterocycles. The standard InChI is InChI=1S/C35H30N8O2S/c1-2-10-26-25(9-1)39-34(40-26)35(41-19-17-36-18-20-41)31(27-15-14-24-8-5-16-37-33(24)38-27)32(28-11-3-4-21-44-28)42(30-13-7-23-46-30)43(35)29-12-6-22-45-29/h1-16,21-23,28,36H,17-20H2,(H,39,40). The Kier molecular flexibility index (Phi) is 6.47. The Bertz CT molecular complexity index is 2080. The average Bonchev–Trinajstić information content (AvgIpc) is 3.94. The summed E-state index contributed by atoms with van der Waals surface area (Å²) in [6.07, 6.45) is 10.9. The summed E-state index contributed by atoms with van der Waals surface area (Å²) in [4.78, 5) is 21.6. The molecule has 2 unspecified atom stereocenters. The van der Waals surface area contributed by atoms with Crippen molar-refractivity contribution in [2.75, 3.05) is 36.2 Å². The van der Waals surface area contributed by atoms with Crippen LogP contribution in [-0.2, 0) is 10.4 Å². The molecular formula is C35H30N8O2S. The fourth-order valence-electron chi connectivity index (χ4n) is 6.87. The van der Waals surface area contributed by atoms with Crippen molar-refractivity contribution in [3.05, 3.63) is 132 Å². The molecule has 46 heavy (non-hydrogen) atoms. The second kappa shape index (κ2) is 11.0. The van der Waals surface area contributed by atoms with Crippen molar-refractivity contribution in [2.24, 2.45) is 0 Å². The van der Waals surface area contributed by atoms with E-state index in [1.165, 1.54) is 0 Å². The molecule has 5 aromatic heterocycles. The van der Waals surface area contributed by atoms with Gasteiger partial charge in [0, 0.05) is 43.8 Å². The number of hydrogen-bond acceptors (Lipinski definition) is 10. The molecule has 3 aliphatic heterocycles. The molecular weight excluding hydrogens is 597 g/mol. The number of nitrogens with zero attached hydrogens (tertiary/aromatic N) is 6. The molecule has 0 saturated carbocycles. The number of hydrogen-bond donors (Lipinski definition) is 2. The van der Waals surface area contributed by atoms with Gasteiger partial charge in [-0.1, -0.05) is 18.2 Å². The molecule has 0 spiro atoms. The number of imidazole rings is 1. The van der Waals surface area contributed by atoms with E-state index in [0.29, 0.717) is 11.5 Å². The number of ether oxygens (including phenoxy) is 1. The van der Waals surface area contributed by atoms with Crippen molar-refractivity contribution in [2.45, 2.75) is 11.8 Å². The summed E-state index contributed by atoms with van der Waals surface area (Å²) in [6.45, 7) is 3.11. The number of fused-ring (bicyclic) bond motifs is 2. The number of thiophene rings is 1. The van der Waals surface area contributed by atoms with Crippen molar-refractivity contribution in [3.8, 4) is 0 Å². The van der Waals surface area contributed by atoms with Gasteiger partial charge in [-0.15, -0.1) is 11.3 Å². The topological polar surface area (TPSA) is 98.6 Å². The third kappa shape index (κ3) is 4.13. The monoisotopic (exact) mass is 626 g/mol. The minimum atomic E-state index is -1.04. The average molecular weight is 627 g/mol. The highest BCUT2D eigenvalue weighted by Gasteiger charge is 2.62. The molecule has 6 aromatic rings. The van der Waals surface area contributed by atoms with Crippen LogP contribution in [0.2, 0.25) is 0 Å². The van der Waals surface area contributed by atoms with E-state index in [0.717, 1.165) is 70.4 Å². The number of pyridine rings is 2. The molecule has 2 atom stereocenters. The van der Waals surface area contributed by atoms with Crippen LogP contribution in [-0.4, -0.2) is 57.1 Å². The fraction of sp³-hybridized carbons (Fsp3) is 0.171. The van der Waals surface area contributed by atoms with Gasteiger partial charge in [-0.25, -0.2) is 25.0 Å². The van der Waals surface area contributed by atoms with Crippen LogP contribution >= 0.6 is 11.3 Å². The molecule has 0 bridgehead atoms. The number of aromatic amines is 1. The molecule has 1 fully saturated rings. The molecule has 11 heteroatoms. The summed E-state index contributed by atoms with van der Waals surface area (Å²) < 4.78 is 12.8. The quantitative estimate of drug-likeness (QED) is 0.229. The molecule has 228 valence electrons. The van der Waals surface area contributed by atoms with Gasteiger partial charge >= 0.3 is 0 Å². The molecule has 2 N–H and O–H groups in total. The van der Waals surface area contributed by atoms with Crippen LogP contribution in [0.15, 0.2) is 125 Å². The maximum Gasteiger partial charge on any atom is 0.216 e. The van der Waals surface area contributed by atoms with Gasteiger partial charge in [0.15, 0.2) is 17.6 Å². The van der Waals surface area contributed by atoms with Crippen LogP contribution in [0.25, 0.3) is 27.6 Å². The van der Waals surface area contributed by atoms with Gasteiger partial charge in [-0.05, 0) is 72.1 Å². The number of furan rings is 1. The first-order valence-corrected chi connectivity index (χ1v) is 16.2. The zero-order valence-electron chi connectivity index (χ0n) is 24.8. The van der Waals surface area contributed by atoms with Crippen molar-refractivity contribution >= 4 is 49.9 Å². The molecule has 1 aromatic carbocycles. The molecule has 10 nitrogen and oxygen atoms in total. The highest BCUT2D eigenvalue weighted by Crippen LogP contribution is 2.56. The number of para-hydroxylation sites is 2. The van der Waals surface area contributed by atoms with E-state index < -0.39 is 11.8 Å². The Morgan fingerprint density at radius 1 is 0.913 bits per heavy atom. The molecule has 8 heterocycles. The van der Waals surface area contributed by atoms with Crippen LogP contribution in [0.3, 0.4) is 0 Å². The summed E-state index contributed by atoms with van der Waals surface area (Å²) in [5.41, 5.74) is 4.11. The molecule has 0 aliphatic carbocycles. The van der Waals surface area contributed by atoms with Gasteiger partial charge in [-0.3, -0.25) is 4.90 Å². The van der Waals surface area contributed by atoms with Gasteiger partial charge in [0.05, 0.1) is 40.5 Å². The zero-order valence-corrected chi connectivity index (χ0v) is 25.6. The lowest BCUT2D eigenvalue weighted by molar-refractivity contribution is 0.110. The van der Waals surface area contributed by atoms with Crippen molar-refractivity contribution in [1.29, 1.82) is 0 Å². The summed E-state index contributed by atoms with van der Waals surface area (Å²) in [5, 5.41) is 12.1. The fourth-order valence-corrected chi connectivity index (χ4v) is 7.61. The second-order valence-corrected chi connectivity index (χ2v) is 12.2. The van der Waals surface area contributed by atoms with Crippen LogP contribution in [0.5, 0.6) is 0 Å². The lowest BCUT2D eigenvalue weighted by Gasteiger charge is -2.49. The Hall–Kier alpha value is -5.23. The maximum absolute atomic E-state index is 6.45. The summed E-state index contributed by atoms with van der Waals surface area (Å²) in [5.74, 6) is 1.42. The number of benzene rings is 1. The van der Waals surface area contributed by atoms with Gasteiger partial charge in [0.2, 0.25) is 11.5 Å². The van der Waals surface area contributed by atoms with E-state index in [4.69, 9.17) is 19.1 Å². The third-order valence-electron chi connectivity index (χ3n) is 8.75. The van der Waals surface area contributed by atoms with Gasteiger partial charge in [0.1, 0.15) is 5.00 Å². The number of aromatic nitrogens is 4. The van der Waals surface area contributed by atoms with Crippen molar-refractivity contribution in [3.63, 3.8) is 0 Å². The minimum Gasteiger partial charge on any atom is -0.488 e. The highest BCUT2D eigenvalue weighted by atomic mass is 32.1. The number of hydrazine groups is 1. The Morgan fingerprint density at radius 3 is 2.65 bits per heavy atom.